The molecule has 0 spiro atoms. The molecule has 1 aromatic heterocycles. The number of nitrogen functional groups attached to an aromatic ring is 1. The Bertz CT molecular complexity index is 261. The summed E-state index contributed by atoms with van der Waals surface area (Å²) < 4.78 is 35.8. The minimum atomic E-state index is -4.40. The molecule has 0 radical (unpaired) electrons. The van der Waals surface area contributed by atoms with Gasteiger partial charge in [0.2, 0.25) is 0 Å². The van der Waals surface area contributed by atoms with E-state index in [1.54, 1.807) is 0 Å². The molecule has 0 aliphatic rings. The minimum absolute atomic E-state index is 0. The summed E-state index contributed by atoms with van der Waals surface area (Å²) in [6.07, 6.45) is -3.19. The van der Waals surface area contributed by atoms with Crippen LogP contribution in [0.4, 0.5) is 19.0 Å². The number of hydrogen-bond acceptors (Lipinski definition) is 2. The van der Waals surface area contributed by atoms with E-state index < -0.39 is 17.6 Å². The van der Waals surface area contributed by atoms with Crippen LogP contribution in [0.3, 0.4) is 0 Å². The highest BCUT2D eigenvalue weighted by atomic mass is 35.5. The fourth-order valence-electron chi connectivity index (χ4n) is 0.657. The van der Waals surface area contributed by atoms with Gasteiger partial charge in [0, 0.05) is 6.20 Å². The number of nitrogens with zero attached hydrogens (tertiary/aromatic N) is 1. The van der Waals surface area contributed by atoms with Gasteiger partial charge in [-0.25, -0.2) is 4.98 Å². The SMILES string of the molecule is Cl.Nc1ncccc1C(F)(F)F. The van der Waals surface area contributed by atoms with Crippen molar-refractivity contribution in [1.29, 1.82) is 0 Å². The number of pyridine rings is 1. The van der Waals surface area contributed by atoms with Crippen molar-refractivity contribution in [2.45, 2.75) is 6.18 Å². The lowest BCUT2D eigenvalue weighted by Gasteiger charge is -2.06. The predicted molar refractivity (Wildman–Crippen MR) is 40.9 cm³/mol. The molecule has 0 unspecified atom stereocenters. The first-order valence-electron chi connectivity index (χ1n) is 2.79. The highest BCUT2D eigenvalue weighted by Crippen LogP contribution is 2.31. The summed E-state index contributed by atoms with van der Waals surface area (Å²) in [5.41, 5.74) is 4.09. The molecule has 0 amide bonds. The first-order chi connectivity index (χ1) is 5.02. The zero-order valence-corrected chi connectivity index (χ0v) is 6.62. The van der Waals surface area contributed by atoms with Crippen LogP contribution < -0.4 is 5.73 Å². The second-order valence-electron chi connectivity index (χ2n) is 1.93. The molecule has 0 aromatic carbocycles. The van der Waals surface area contributed by atoms with E-state index in [1.165, 1.54) is 12.3 Å². The van der Waals surface area contributed by atoms with Crippen molar-refractivity contribution in [3.8, 4) is 0 Å². The quantitative estimate of drug-likeness (QED) is 0.694. The van der Waals surface area contributed by atoms with Crippen LogP contribution in [0.15, 0.2) is 18.3 Å². The molecule has 68 valence electrons. The van der Waals surface area contributed by atoms with E-state index in [9.17, 15) is 13.2 Å². The lowest BCUT2D eigenvalue weighted by molar-refractivity contribution is -0.137. The number of aromatic nitrogens is 1. The van der Waals surface area contributed by atoms with Gasteiger partial charge in [-0.15, -0.1) is 12.4 Å². The highest BCUT2D eigenvalue weighted by molar-refractivity contribution is 5.85. The third-order valence-electron chi connectivity index (χ3n) is 1.14. The van der Waals surface area contributed by atoms with Crippen molar-refractivity contribution in [3.63, 3.8) is 0 Å². The van der Waals surface area contributed by atoms with Gasteiger partial charge in [-0.1, -0.05) is 0 Å². The summed E-state index contributed by atoms with van der Waals surface area (Å²) in [5.74, 6) is -0.486. The van der Waals surface area contributed by atoms with Gasteiger partial charge in [-0.3, -0.25) is 0 Å². The molecule has 1 rings (SSSR count). The monoisotopic (exact) mass is 198 g/mol. The number of hydrogen-bond donors (Lipinski definition) is 1. The summed E-state index contributed by atoms with van der Waals surface area (Å²) in [5, 5.41) is 0. The van der Waals surface area contributed by atoms with Crippen LogP contribution in [0.25, 0.3) is 0 Å². The van der Waals surface area contributed by atoms with E-state index in [1.807, 2.05) is 0 Å². The fraction of sp³-hybridized carbons (Fsp3) is 0.167. The maximum atomic E-state index is 11.9. The van der Waals surface area contributed by atoms with Crippen molar-refractivity contribution < 1.29 is 13.2 Å². The molecule has 6 heteroatoms. The molecule has 12 heavy (non-hydrogen) atoms. The summed E-state index contributed by atoms with van der Waals surface area (Å²) in [6.45, 7) is 0. The molecular formula is C6H6ClF3N2. The normalized spacial score (nSPS) is 10.6. The van der Waals surface area contributed by atoms with Crippen molar-refractivity contribution in [2.75, 3.05) is 5.73 Å². The van der Waals surface area contributed by atoms with Gasteiger partial charge in [0.05, 0.1) is 5.56 Å². The molecule has 1 aromatic rings. The Kier molecular flexibility index (Phi) is 3.33. The summed E-state index contributed by atoms with van der Waals surface area (Å²) in [7, 11) is 0. The topological polar surface area (TPSA) is 38.9 Å². The smallest absolute Gasteiger partial charge is 0.383 e. The first-order valence-corrected chi connectivity index (χ1v) is 2.79. The number of alkyl halides is 3. The van der Waals surface area contributed by atoms with Gasteiger partial charge in [0.15, 0.2) is 0 Å². The second kappa shape index (κ2) is 3.62. The number of halogens is 4. The Morgan fingerprint density at radius 1 is 1.33 bits per heavy atom. The molecule has 0 bridgehead atoms. The average molecular weight is 199 g/mol. The van der Waals surface area contributed by atoms with E-state index in [0.717, 1.165) is 6.07 Å². The summed E-state index contributed by atoms with van der Waals surface area (Å²) in [6, 6.07) is 2.08. The molecule has 1 heterocycles. The Morgan fingerprint density at radius 2 is 1.92 bits per heavy atom. The minimum Gasteiger partial charge on any atom is -0.383 e. The van der Waals surface area contributed by atoms with Gasteiger partial charge in [0.25, 0.3) is 0 Å². The zero-order valence-electron chi connectivity index (χ0n) is 5.80. The first kappa shape index (κ1) is 11.0. The van der Waals surface area contributed by atoms with Crippen LogP contribution in [-0.4, -0.2) is 4.98 Å². The average Bonchev–Trinajstić information content (AvgIpc) is 1.86. The van der Waals surface area contributed by atoms with Crippen LogP contribution in [0, 0.1) is 0 Å². The second-order valence-corrected chi connectivity index (χ2v) is 1.93. The van der Waals surface area contributed by atoms with Crippen LogP contribution in [0.2, 0.25) is 0 Å². The van der Waals surface area contributed by atoms with Crippen LogP contribution in [-0.2, 0) is 6.18 Å². The molecule has 2 N–H and O–H groups in total. The Labute approximate surface area is 73.0 Å². The largest absolute Gasteiger partial charge is 0.419 e. The van der Waals surface area contributed by atoms with E-state index in [-0.39, 0.29) is 12.4 Å². The van der Waals surface area contributed by atoms with Crippen LogP contribution >= 0.6 is 12.4 Å². The van der Waals surface area contributed by atoms with Crippen LogP contribution in [0.1, 0.15) is 5.56 Å². The highest BCUT2D eigenvalue weighted by Gasteiger charge is 2.33. The van der Waals surface area contributed by atoms with Crippen molar-refractivity contribution in [3.05, 3.63) is 23.9 Å². The number of nitrogens with two attached hydrogens (primary N) is 1. The molecule has 0 fully saturated rings. The Morgan fingerprint density at radius 3 is 2.25 bits per heavy atom. The fourth-order valence-corrected chi connectivity index (χ4v) is 0.657. The van der Waals surface area contributed by atoms with Gasteiger partial charge in [-0.05, 0) is 12.1 Å². The van der Waals surface area contributed by atoms with E-state index >= 15 is 0 Å². The van der Waals surface area contributed by atoms with Crippen LogP contribution in [0.5, 0.6) is 0 Å². The van der Waals surface area contributed by atoms with Gasteiger partial charge >= 0.3 is 6.18 Å². The summed E-state index contributed by atoms with van der Waals surface area (Å²) >= 11 is 0. The van der Waals surface area contributed by atoms with E-state index in [0.29, 0.717) is 0 Å². The van der Waals surface area contributed by atoms with Gasteiger partial charge in [0.1, 0.15) is 5.82 Å². The van der Waals surface area contributed by atoms with E-state index in [2.05, 4.69) is 4.98 Å². The third kappa shape index (κ3) is 2.27. The number of rotatable bonds is 0. The maximum Gasteiger partial charge on any atom is 0.419 e. The third-order valence-corrected chi connectivity index (χ3v) is 1.14. The Hall–Kier alpha value is -0.970. The van der Waals surface area contributed by atoms with Crippen molar-refractivity contribution in [2.24, 2.45) is 0 Å². The molecule has 0 aliphatic carbocycles. The lowest BCUT2D eigenvalue weighted by Crippen LogP contribution is -2.09. The van der Waals surface area contributed by atoms with Gasteiger partial charge in [-0.2, -0.15) is 13.2 Å². The molecular weight excluding hydrogens is 193 g/mol. The van der Waals surface area contributed by atoms with Crippen molar-refractivity contribution >= 4 is 18.2 Å². The Balaban J connectivity index is 0.00000121. The molecule has 0 aliphatic heterocycles. The van der Waals surface area contributed by atoms with Gasteiger partial charge < -0.3 is 5.73 Å². The molecule has 0 saturated heterocycles. The number of anilines is 1. The molecule has 2 nitrogen and oxygen atoms in total. The predicted octanol–water partition coefficient (Wildman–Crippen LogP) is 2.10. The lowest BCUT2D eigenvalue weighted by atomic mass is 10.2. The standard InChI is InChI=1S/C6H5F3N2.ClH/c7-6(8,9)4-2-1-3-11-5(4)10;/h1-3H,(H2,10,11);1H. The molecule has 0 atom stereocenters. The molecule has 0 saturated carbocycles. The van der Waals surface area contributed by atoms with Crippen molar-refractivity contribution in [1.82, 2.24) is 4.98 Å². The zero-order chi connectivity index (χ0) is 8.48. The summed E-state index contributed by atoms with van der Waals surface area (Å²) in [4.78, 5) is 3.30. The van der Waals surface area contributed by atoms with E-state index in [4.69, 9.17) is 5.73 Å². The maximum absolute atomic E-state index is 11.9.